The van der Waals surface area contributed by atoms with Crippen molar-refractivity contribution in [1.29, 1.82) is 0 Å². The summed E-state index contributed by atoms with van der Waals surface area (Å²) in [5.41, 5.74) is 5.46. The lowest BCUT2D eigenvalue weighted by Gasteiger charge is -2.24. The van der Waals surface area contributed by atoms with Gasteiger partial charge in [0, 0.05) is 0 Å². The molecule has 4 nitrogen and oxygen atoms in total. The molecule has 0 saturated carbocycles. The Balaban J connectivity index is 1.95. The van der Waals surface area contributed by atoms with Gasteiger partial charge in [0.1, 0.15) is 11.1 Å². The number of hydrogen-bond acceptors (Lipinski definition) is 5. The van der Waals surface area contributed by atoms with Gasteiger partial charge in [-0.15, -0.1) is 0 Å². The molecule has 1 aliphatic rings. The van der Waals surface area contributed by atoms with Gasteiger partial charge < -0.3 is 15.2 Å². The van der Waals surface area contributed by atoms with Crippen LogP contribution in [0, 0.1) is 0 Å². The first-order chi connectivity index (χ1) is 5.34. The number of aromatic nitrogens is 1. The van der Waals surface area contributed by atoms with Crippen molar-refractivity contribution in [2.45, 2.75) is 6.10 Å². The van der Waals surface area contributed by atoms with Crippen LogP contribution in [0.2, 0.25) is 0 Å². The molecule has 0 radical (unpaired) electrons. The predicted molar refractivity (Wildman–Crippen MR) is 41.8 cm³/mol. The highest BCUT2D eigenvalue weighted by Crippen LogP contribution is 2.24. The third-order valence-electron chi connectivity index (χ3n) is 1.38. The first-order valence-corrected chi connectivity index (χ1v) is 4.12. The smallest absolute Gasteiger partial charge is 0.275 e. The Bertz CT molecular complexity index is 246. The van der Waals surface area contributed by atoms with Gasteiger partial charge in [-0.3, -0.25) is 0 Å². The molecule has 1 aliphatic heterocycles. The molecule has 11 heavy (non-hydrogen) atoms. The maximum Gasteiger partial charge on any atom is 0.275 e. The average Bonchev–Trinajstić information content (AvgIpc) is 2.27. The molecule has 1 fully saturated rings. The van der Waals surface area contributed by atoms with Gasteiger partial charge in [0.15, 0.2) is 0 Å². The van der Waals surface area contributed by atoms with Crippen molar-refractivity contribution in [3.63, 3.8) is 0 Å². The van der Waals surface area contributed by atoms with Crippen LogP contribution in [0.25, 0.3) is 0 Å². The number of ether oxygens (including phenoxy) is 2. The SMILES string of the molecule is Nc1cnc(OC2COC2)s1. The third kappa shape index (κ3) is 1.44. The van der Waals surface area contributed by atoms with Gasteiger partial charge in [0.25, 0.3) is 5.19 Å². The molecule has 1 aromatic rings. The molecule has 2 heterocycles. The molecule has 0 aliphatic carbocycles. The van der Waals surface area contributed by atoms with Crippen LogP contribution in [0.15, 0.2) is 6.20 Å². The van der Waals surface area contributed by atoms with E-state index in [4.69, 9.17) is 15.2 Å². The summed E-state index contributed by atoms with van der Waals surface area (Å²) in [6.07, 6.45) is 1.78. The number of nitrogens with two attached hydrogens (primary N) is 1. The third-order valence-corrected chi connectivity index (χ3v) is 2.09. The number of rotatable bonds is 2. The molecule has 0 bridgehead atoms. The summed E-state index contributed by atoms with van der Waals surface area (Å²) < 4.78 is 10.3. The van der Waals surface area contributed by atoms with Crippen molar-refractivity contribution in [3.05, 3.63) is 6.20 Å². The molecular weight excluding hydrogens is 164 g/mol. The molecular formula is C6H8N2O2S. The first-order valence-electron chi connectivity index (χ1n) is 3.30. The van der Waals surface area contributed by atoms with E-state index in [1.807, 2.05) is 0 Å². The Hall–Kier alpha value is -0.810. The highest BCUT2D eigenvalue weighted by atomic mass is 32.1. The number of thiazole rings is 1. The Kier molecular flexibility index (Phi) is 1.67. The lowest BCUT2D eigenvalue weighted by molar-refractivity contribution is -0.0797. The molecule has 1 aromatic heterocycles. The lowest BCUT2D eigenvalue weighted by Crippen LogP contribution is -2.38. The van der Waals surface area contributed by atoms with Crippen molar-refractivity contribution in [1.82, 2.24) is 4.98 Å². The summed E-state index contributed by atoms with van der Waals surface area (Å²) >= 11 is 1.35. The van der Waals surface area contributed by atoms with E-state index in [1.165, 1.54) is 11.3 Å². The molecule has 0 unspecified atom stereocenters. The highest BCUT2D eigenvalue weighted by Gasteiger charge is 2.21. The van der Waals surface area contributed by atoms with E-state index in [9.17, 15) is 0 Å². The van der Waals surface area contributed by atoms with Gasteiger partial charge in [-0.05, 0) is 0 Å². The molecule has 0 spiro atoms. The number of anilines is 1. The van der Waals surface area contributed by atoms with Crippen LogP contribution in [0.4, 0.5) is 5.00 Å². The van der Waals surface area contributed by atoms with Gasteiger partial charge in [-0.2, -0.15) is 0 Å². The Morgan fingerprint density at radius 3 is 3.00 bits per heavy atom. The van der Waals surface area contributed by atoms with E-state index >= 15 is 0 Å². The maximum absolute atomic E-state index is 5.46. The van der Waals surface area contributed by atoms with Gasteiger partial charge in [-0.25, -0.2) is 4.98 Å². The second-order valence-corrected chi connectivity index (χ2v) is 3.33. The summed E-state index contributed by atoms with van der Waals surface area (Å²) in [7, 11) is 0. The van der Waals surface area contributed by atoms with Gasteiger partial charge in [0.05, 0.1) is 19.4 Å². The number of nitrogen functional groups attached to an aromatic ring is 1. The van der Waals surface area contributed by atoms with Crippen molar-refractivity contribution in [2.24, 2.45) is 0 Å². The Morgan fingerprint density at radius 1 is 1.73 bits per heavy atom. The zero-order valence-corrected chi connectivity index (χ0v) is 6.63. The molecule has 2 rings (SSSR count). The lowest BCUT2D eigenvalue weighted by atomic mass is 10.3. The van der Waals surface area contributed by atoms with Crippen LogP contribution in [0.5, 0.6) is 5.19 Å². The fourth-order valence-corrected chi connectivity index (χ4v) is 1.35. The topological polar surface area (TPSA) is 57.4 Å². The molecule has 1 saturated heterocycles. The van der Waals surface area contributed by atoms with E-state index in [0.717, 1.165) is 0 Å². The van der Waals surface area contributed by atoms with Crippen LogP contribution < -0.4 is 10.5 Å². The Labute approximate surface area is 67.9 Å². The average molecular weight is 172 g/mol. The zero-order valence-electron chi connectivity index (χ0n) is 5.82. The van der Waals surface area contributed by atoms with Crippen LogP contribution in [0.1, 0.15) is 0 Å². The molecule has 2 N–H and O–H groups in total. The minimum atomic E-state index is 0.181. The molecule has 0 amide bonds. The van der Waals surface area contributed by atoms with Crippen LogP contribution in [-0.4, -0.2) is 24.3 Å². The molecule has 5 heteroatoms. The second-order valence-electron chi connectivity index (χ2n) is 2.31. The normalized spacial score (nSPS) is 17.8. The number of hydrogen-bond donors (Lipinski definition) is 1. The summed E-state index contributed by atoms with van der Waals surface area (Å²) in [5, 5.41) is 1.32. The van der Waals surface area contributed by atoms with Crippen molar-refractivity contribution < 1.29 is 9.47 Å². The summed E-state index contributed by atoms with van der Waals surface area (Å²) in [4.78, 5) is 3.95. The zero-order chi connectivity index (χ0) is 7.68. The summed E-state index contributed by atoms with van der Waals surface area (Å²) in [6.45, 7) is 1.33. The van der Waals surface area contributed by atoms with Crippen LogP contribution in [-0.2, 0) is 4.74 Å². The van der Waals surface area contributed by atoms with Crippen LogP contribution >= 0.6 is 11.3 Å². The van der Waals surface area contributed by atoms with Gasteiger partial charge in [0.2, 0.25) is 0 Å². The fourth-order valence-electron chi connectivity index (χ4n) is 0.749. The molecule has 0 aromatic carbocycles. The van der Waals surface area contributed by atoms with Gasteiger partial charge in [-0.1, -0.05) is 11.3 Å². The standard InChI is InChI=1S/C6H8N2O2S/c7-5-1-8-6(11-5)10-4-2-9-3-4/h1,4H,2-3,7H2. The minimum absolute atomic E-state index is 0.181. The largest absolute Gasteiger partial charge is 0.462 e. The van der Waals surface area contributed by atoms with Crippen molar-refractivity contribution in [2.75, 3.05) is 18.9 Å². The van der Waals surface area contributed by atoms with E-state index in [-0.39, 0.29) is 6.10 Å². The predicted octanol–water partition coefficient (Wildman–Crippen LogP) is 0.503. The summed E-state index contributed by atoms with van der Waals surface area (Å²) in [6, 6.07) is 0. The highest BCUT2D eigenvalue weighted by molar-refractivity contribution is 7.17. The second kappa shape index (κ2) is 2.67. The van der Waals surface area contributed by atoms with E-state index in [2.05, 4.69) is 4.98 Å². The number of nitrogens with zero attached hydrogens (tertiary/aromatic N) is 1. The monoisotopic (exact) mass is 172 g/mol. The van der Waals surface area contributed by atoms with E-state index in [0.29, 0.717) is 23.4 Å². The van der Waals surface area contributed by atoms with Crippen LogP contribution in [0.3, 0.4) is 0 Å². The Morgan fingerprint density at radius 2 is 2.55 bits per heavy atom. The fraction of sp³-hybridized carbons (Fsp3) is 0.500. The van der Waals surface area contributed by atoms with E-state index in [1.54, 1.807) is 6.20 Å². The van der Waals surface area contributed by atoms with E-state index < -0.39 is 0 Å². The first kappa shape index (κ1) is 6.87. The van der Waals surface area contributed by atoms with Gasteiger partial charge >= 0.3 is 0 Å². The maximum atomic E-state index is 5.46. The van der Waals surface area contributed by atoms with Crippen molar-refractivity contribution >= 4 is 16.3 Å². The molecule has 60 valence electrons. The van der Waals surface area contributed by atoms with Crippen molar-refractivity contribution in [3.8, 4) is 5.19 Å². The molecule has 0 atom stereocenters. The summed E-state index contributed by atoms with van der Waals surface area (Å²) in [5.74, 6) is 0. The quantitative estimate of drug-likeness (QED) is 0.705. The minimum Gasteiger partial charge on any atom is -0.462 e.